The maximum absolute atomic E-state index is 11.7. The minimum Gasteiger partial charge on any atom is -0.465 e. The molecule has 3 rings (SSSR count). The predicted molar refractivity (Wildman–Crippen MR) is 103 cm³/mol. The highest BCUT2D eigenvalue weighted by molar-refractivity contribution is 5.94. The lowest BCUT2D eigenvalue weighted by Gasteiger charge is -2.10. The van der Waals surface area contributed by atoms with Crippen LogP contribution in [0.3, 0.4) is 0 Å². The molecule has 0 N–H and O–H groups in total. The van der Waals surface area contributed by atoms with Crippen molar-refractivity contribution in [1.29, 1.82) is 0 Å². The highest BCUT2D eigenvalue weighted by atomic mass is 16.5. The first-order valence-electron chi connectivity index (χ1n) is 8.22. The summed E-state index contributed by atoms with van der Waals surface area (Å²) in [6, 6.07) is 24.7. The van der Waals surface area contributed by atoms with Crippen molar-refractivity contribution in [3.8, 4) is 0 Å². The van der Waals surface area contributed by atoms with Crippen LogP contribution in [0.1, 0.15) is 37.4 Å². The molecule has 0 aliphatic heterocycles. The van der Waals surface area contributed by atoms with E-state index in [1.807, 2.05) is 54.6 Å². The molecule has 3 aromatic rings. The Morgan fingerprint density at radius 1 is 0.731 bits per heavy atom. The second-order valence-corrected chi connectivity index (χ2v) is 5.78. The molecule has 0 spiro atoms. The molecule has 0 saturated heterocycles. The van der Waals surface area contributed by atoms with Gasteiger partial charge in [0.1, 0.15) is 6.29 Å². The van der Waals surface area contributed by atoms with Crippen LogP contribution < -0.4 is 0 Å². The van der Waals surface area contributed by atoms with Crippen molar-refractivity contribution in [3.63, 3.8) is 0 Å². The Balaban J connectivity index is 2.06. The normalized spacial score (nSPS) is 11.0. The molecule has 128 valence electrons. The van der Waals surface area contributed by atoms with Crippen LogP contribution in [0.5, 0.6) is 0 Å². The molecular formula is C23H18O3. The van der Waals surface area contributed by atoms with Gasteiger partial charge in [-0.3, -0.25) is 4.79 Å². The number of carbonyl (C=O) groups is 2. The molecule has 0 aliphatic carbocycles. The molecule has 0 saturated carbocycles. The van der Waals surface area contributed by atoms with Crippen LogP contribution in [0.15, 0.2) is 78.9 Å². The van der Waals surface area contributed by atoms with E-state index in [0.29, 0.717) is 11.1 Å². The predicted octanol–water partition coefficient (Wildman–Crippen LogP) is 4.87. The highest BCUT2D eigenvalue weighted by Gasteiger charge is 2.09. The Hall–Kier alpha value is -3.46. The first kappa shape index (κ1) is 17.4. The number of hydrogen-bond donors (Lipinski definition) is 0. The van der Waals surface area contributed by atoms with Crippen molar-refractivity contribution in [1.82, 2.24) is 0 Å². The minimum absolute atomic E-state index is 0.361. The third-order valence-electron chi connectivity index (χ3n) is 4.09. The largest absolute Gasteiger partial charge is 0.465 e. The topological polar surface area (TPSA) is 43.4 Å². The lowest BCUT2D eigenvalue weighted by molar-refractivity contribution is 0.0600. The highest BCUT2D eigenvalue weighted by Crippen LogP contribution is 2.27. The van der Waals surface area contributed by atoms with E-state index in [1.165, 1.54) is 7.11 Å². The number of hydrogen-bond acceptors (Lipinski definition) is 3. The van der Waals surface area contributed by atoms with Crippen LogP contribution >= 0.6 is 0 Å². The Kier molecular flexibility index (Phi) is 5.40. The van der Waals surface area contributed by atoms with E-state index in [2.05, 4.69) is 6.08 Å². The zero-order chi connectivity index (χ0) is 18.4. The fourth-order valence-corrected chi connectivity index (χ4v) is 2.69. The molecule has 26 heavy (non-hydrogen) atoms. The van der Waals surface area contributed by atoms with Gasteiger partial charge in [-0.1, -0.05) is 66.7 Å². The Morgan fingerprint density at radius 2 is 1.27 bits per heavy atom. The van der Waals surface area contributed by atoms with Crippen LogP contribution in [-0.4, -0.2) is 19.4 Å². The first-order chi connectivity index (χ1) is 12.7. The minimum atomic E-state index is -0.361. The van der Waals surface area contributed by atoms with Crippen molar-refractivity contribution >= 4 is 23.9 Å². The Morgan fingerprint density at radius 3 is 1.81 bits per heavy atom. The molecule has 0 amide bonds. The van der Waals surface area contributed by atoms with Gasteiger partial charge in [-0.25, -0.2) is 4.79 Å². The van der Waals surface area contributed by atoms with Crippen LogP contribution in [0, 0.1) is 0 Å². The summed E-state index contributed by atoms with van der Waals surface area (Å²) < 4.78 is 4.76. The maximum Gasteiger partial charge on any atom is 0.337 e. The average molecular weight is 342 g/mol. The van der Waals surface area contributed by atoms with Gasteiger partial charge in [0.2, 0.25) is 0 Å². The van der Waals surface area contributed by atoms with Crippen molar-refractivity contribution in [3.05, 3.63) is 107 Å². The lowest BCUT2D eigenvalue weighted by Crippen LogP contribution is -2.01. The number of benzene rings is 3. The third kappa shape index (κ3) is 3.95. The van der Waals surface area contributed by atoms with Crippen LogP contribution in [0.2, 0.25) is 0 Å². The van der Waals surface area contributed by atoms with Gasteiger partial charge in [0.25, 0.3) is 0 Å². The van der Waals surface area contributed by atoms with Crippen molar-refractivity contribution in [2.45, 2.75) is 0 Å². The number of esters is 1. The molecule has 0 heterocycles. The summed E-state index contributed by atoms with van der Waals surface area (Å²) >= 11 is 0. The third-order valence-corrected chi connectivity index (χ3v) is 4.09. The average Bonchev–Trinajstić information content (AvgIpc) is 2.72. The molecule has 3 nitrogen and oxygen atoms in total. The Bertz CT molecular complexity index is 921. The van der Waals surface area contributed by atoms with Gasteiger partial charge in [0, 0.05) is 5.56 Å². The second-order valence-electron chi connectivity index (χ2n) is 5.78. The number of ether oxygens (including phenoxy) is 1. The molecule has 0 atom stereocenters. The molecule has 3 aromatic carbocycles. The quantitative estimate of drug-likeness (QED) is 0.377. The summed E-state index contributed by atoms with van der Waals surface area (Å²) in [5, 5.41) is 0. The van der Waals surface area contributed by atoms with Gasteiger partial charge in [-0.2, -0.15) is 0 Å². The van der Waals surface area contributed by atoms with E-state index in [4.69, 9.17) is 4.74 Å². The van der Waals surface area contributed by atoms with E-state index in [0.717, 1.165) is 28.5 Å². The fourth-order valence-electron chi connectivity index (χ4n) is 2.69. The van der Waals surface area contributed by atoms with Crippen molar-refractivity contribution in [2.75, 3.05) is 7.11 Å². The van der Waals surface area contributed by atoms with Crippen molar-refractivity contribution < 1.29 is 14.3 Å². The van der Waals surface area contributed by atoms with E-state index in [-0.39, 0.29) is 5.97 Å². The van der Waals surface area contributed by atoms with Crippen molar-refractivity contribution in [2.24, 2.45) is 0 Å². The fraction of sp³-hybridized carbons (Fsp3) is 0.0435. The summed E-state index contributed by atoms with van der Waals surface area (Å²) in [4.78, 5) is 22.6. The standard InChI is InChI=1S/C23H18O3/c1-26-23(25)21-13-11-20(12-14-21)22(15-17-5-3-2-4-6-17)19-9-7-18(16-24)8-10-19/h2-16H,1H3/b22-15+. The van der Waals surface area contributed by atoms with Crippen LogP contribution in [0.4, 0.5) is 0 Å². The molecule has 0 bridgehead atoms. The van der Waals surface area contributed by atoms with E-state index >= 15 is 0 Å². The molecular weight excluding hydrogens is 324 g/mol. The zero-order valence-electron chi connectivity index (χ0n) is 14.4. The molecule has 0 fully saturated rings. The van der Waals surface area contributed by atoms with E-state index < -0.39 is 0 Å². The van der Waals surface area contributed by atoms with Gasteiger partial charge in [-0.15, -0.1) is 0 Å². The monoisotopic (exact) mass is 342 g/mol. The summed E-state index contributed by atoms with van der Waals surface area (Å²) in [7, 11) is 1.37. The number of methoxy groups -OCH3 is 1. The lowest BCUT2D eigenvalue weighted by atomic mass is 9.94. The van der Waals surface area contributed by atoms with Gasteiger partial charge >= 0.3 is 5.97 Å². The summed E-state index contributed by atoms with van der Waals surface area (Å²) in [5.74, 6) is -0.361. The van der Waals surface area contributed by atoms with E-state index in [9.17, 15) is 9.59 Å². The first-order valence-corrected chi connectivity index (χ1v) is 8.22. The smallest absolute Gasteiger partial charge is 0.337 e. The maximum atomic E-state index is 11.7. The number of aldehydes is 1. The SMILES string of the molecule is COC(=O)c1ccc(/C(=C/c2ccccc2)c2ccc(C=O)cc2)cc1. The number of rotatable bonds is 5. The van der Waals surface area contributed by atoms with Gasteiger partial charge in [0.05, 0.1) is 12.7 Å². The molecule has 0 radical (unpaired) electrons. The summed E-state index contributed by atoms with van der Waals surface area (Å²) in [6.45, 7) is 0. The molecule has 0 unspecified atom stereocenters. The van der Waals surface area contributed by atoms with Crippen LogP contribution in [-0.2, 0) is 4.74 Å². The van der Waals surface area contributed by atoms with Gasteiger partial charge < -0.3 is 4.74 Å². The summed E-state index contributed by atoms with van der Waals surface area (Å²) in [5.41, 5.74) is 5.18. The van der Waals surface area contributed by atoms with Gasteiger partial charge in [-0.05, 0) is 40.5 Å². The second kappa shape index (κ2) is 8.08. The zero-order valence-corrected chi connectivity index (χ0v) is 14.4. The Labute approximate surface area is 152 Å². The summed E-state index contributed by atoms with van der Waals surface area (Å²) in [6.07, 6.45) is 2.92. The number of carbonyl (C=O) groups excluding carboxylic acids is 2. The van der Waals surface area contributed by atoms with E-state index in [1.54, 1.807) is 24.3 Å². The van der Waals surface area contributed by atoms with Gasteiger partial charge in [0.15, 0.2) is 0 Å². The van der Waals surface area contributed by atoms with Crippen LogP contribution in [0.25, 0.3) is 11.6 Å². The molecule has 0 aromatic heterocycles. The molecule has 0 aliphatic rings. The molecule has 3 heteroatoms.